The molecule has 1 aliphatic rings. The predicted molar refractivity (Wildman–Crippen MR) is 69.9 cm³/mol. The minimum absolute atomic E-state index is 0.237. The topological polar surface area (TPSA) is 24.9 Å². The third-order valence-electron chi connectivity index (χ3n) is 3.65. The first-order valence-corrected chi connectivity index (χ1v) is 7.12. The molecule has 1 saturated carbocycles. The molecule has 0 amide bonds. The third-order valence-corrected chi connectivity index (χ3v) is 4.81. The molecule has 2 rings (SSSR count). The molecule has 1 heterocycles. The van der Waals surface area contributed by atoms with Crippen LogP contribution in [0.25, 0.3) is 0 Å². The zero-order valence-corrected chi connectivity index (χ0v) is 11.4. The Morgan fingerprint density at radius 3 is 2.81 bits per heavy atom. The molecule has 0 saturated heterocycles. The number of thiazole rings is 1. The van der Waals surface area contributed by atoms with Gasteiger partial charge in [-0.3, -0.25) is 0 Å². The van der Waals surface area contributed by atoms with E-state index in [1.54, 1.807) is 0 Å². The summed E-state index contributed by atoms with van der Waals surface area (Å²) in [6, 6.07) is 0. The van der Waals surface area contributed by atoms with Crippen LogP contribution in [0, 0.1) is 0 Å². The normalized spacial score (nSPS) is 17.4. The minimum atomic E-state index is 0.237. The molecule has 1 aromatic rings. The van der Waals surface area contributed by atoms with Crippen LogP contribution in [0.15, 0.2) is 6.20 Å². The molecule has 1 fully saturated rings. The highest BCUT2D eigenvalue weighted by atomic mass is 32.1. The molecule has 3 heteroatoms. The zero-order chi connectivity index (χ0) is 11.6. The van der Waals surface area contributed by atoms with Crippen molar-refractivity contribution in [2.45, 2.75) is 64.5 Å². The molecular weight excluding hydrogens is 216 g/mol. The Kier molecular flexibility index (Phi) is 3.65. The van der Waals surface area contributed by atoms with Gasteiger partial charge in [-0.05, 0) is 33.1 Å². The smallest absolute Gasteiger partial charge is 0.0959 e. The molecule has 16 heavy (non-hydrogen) atoms. The quantitative estimate of drug-likeness (QED) is 0.846. The van der Waals surface area contributed by atoms with E-state index in [0.29, 0.717) is 0 Å². The van der Waals surface area contributed by atoms with Gasteiger partial charge >= 0.3 is 0 Å². The van der Waals surface area contributed by atoms with Crippen molar-refractivity contribution in [2.75, 3.05) is 0 Å². The van der Waals surface area contributed by atoms with Crippen LogP contribution in [-0.4, -0.2) is 10.5 Å². The molecule has 1 aliphatic carbocycles. The second-order valence-corrected chi connectivity index (χ2v) is 6.53. The lowest BCUT2D eigenvalue weighted by molar-refractivity contribution is 0.376. The molecular formula is C13H22N2S. The lowest BCUT2D eigenvalue weighted by Crippen LogP contribution is -2.37. The highest BCUT2D eigenvalue weighted by Gasteiger charge is 2.22. The number of aromatic nitrogens is 1. The van der Waals surface area contributed by atoms with Crippen LogP contribution in [0.2, 0.25) is 0 Å². The fraction of sp³-hybridized carbons (Fsp3) is 0.769. The highest BCUT2D eigenvalue weighted by molar-refractivity contribution is 7.11. The van der Waals surface area contributed by atoms with Crippen molar-refractivity contribution in [1.29, 1.82) is 0 Å². The van der Waals surface area contributed by atoms with E-state index < -0.39 is 0 Å². The molecule has 0 atom stereocenters. The first-order valence-electron chi connectivity index (χ1n) is 6.30. The Balaban J connectivity index is 1.87. The van der Waals surface area contributed by atoms with Gasteiger partial charge in [0.25, 0.3) is 0 Å². The molecule has 0 aromatic carbocycles. The van der Waals surface area contributed by atoms with Crippen LogP contribution in [-0.2, 0) is 6.54 Å². The lowest BCUT2D eigenvalue weighted by atomic mass is 9.86. The van der Waals surface area contributed by atoms with E-state index >= 15 is 0 Å². The van der Waals surface area contributed by atoms with Crippen molar-refractivity contribution in [2.24, 2.45) is 0 Å². The van der Waals surface area contributed by atoms with Crippen LogP contribution in [0.5, 0.6) is 0 Å². The second-order valence-electron chi connectivity index (χ2n) is 5.38. The molecule has 0 bridgehead atoms. The number of nitrogens with zero attached hydrogens (tertiary/aromatic N) is 1. The summed E-state index contributed by atoms with van der Waals surface area (Å²) >= 11 is 1.89. The van der Waals surface area contributed by atoms with E-state index in [-0.39, 0.29) is 5.54 Å². The molecule has 2 nitrogen and oxygen atoms in total. The number of hydrogen-bond donors (Lipinski definition) is 1. The summed E-state index contributed by atoms with van der Waals surface area (Å²) in [7, 11) is 0. The summed E-state index contributed by atoms with van der Waals surface area (Å²) in [6.07, 6.45) is 7.29. The molecule has 0 spiro atoms. The van der Waals surface area contributed by atoms with Crippen LogP contribution >= 0.6 is 11.3 Å². The van der Waals surface area contributed by atoms with Gasteiger partial charge in [0.15, 0.2) is 0 Å². The largest absolute Gasteiger partial charge is 0.307 e. The molecule has 1 aromatic heterocycles. The van der Waals surface area contributed by atoms with Crippen LogP contribution in [0.1, 0.15) is 62.3 Å². The second kappa shape index (κ2) is 4.84. The van der Waals surface area contributed by atoms with Crippen molar-refractivity contribution < 1.29 is 0 Å². The maximum atomic E-state index is 4.54. The van der Waals surface area contributed by atoms with Gasteiger partial charge in [0.2, 0.25) is 0 Å². The molecule has 90 valence electrons. The van der Waals surface area contributed by atoms with Crippen molar-refractivity contribution in [1.82, 2.24) is 10.3 Å². The molecule has 1 N–H and O–H groups in total. The monoisotopic (exact) mass is 238 g/mol. The van der Waals surface area contributed by atoms with Gasteiger partial charge in [-0.25, -0.2) is 4.98 Å². The number of hydrogen-bond acceptors (Lipinski definition) is 3. The van der Waals surface area contributed by atoms with Crippen LogP contribution < -0.4 is 5.32 Å². The SMILES string of the molecule is CCC(C)(C)NCc1cnc(C2CCC2)s1. The first kappa shape index (κ1) is 12.1. The average molecular weight is 238 g/mol. The van der Waals surface area contributed by atoms with Gasteiger partial charge in [-0.15, -0.1) is 11.3 Å². The Labute approximate surface area is 102 Å². The summed E-state index contributed by atoms with van der Waals surface area (Å²) in [6.45, 7) is 7.69. The van der Waals surface area contributed by atoms with Gasteiger partial charge in [-0.1, -0.05) is 13.3 Å². The summed E-state index contributed by atoms with van der Waals surface area (Å²) < 4.78 is 0. The zero-order valence-electron chi connectivity index (χ0n) is 10.5. The van der Waals surface area contributed by atoms with Crippen molar-refractivity contribution in [3.63, 3.8) is 0 Å². The van der Waals surface area contributed by atoms with Crippen LogP contribution in [0.3, 0.4) is 0 Å². The fourth-order valence-corrected chi connectivity index (χ4v) is 2.73. The van der Waals surface area contributed by atoms with Crippen molar-refractivity contribution in [3.8, 4) is 0 Å². The summed E-state index contributed by atoms with van der Waals surface area (Å²) in [5, 5.41) is 4.94. The van der Waals surface area contributed by atoms with E-state index in [4.69, 9.17) is 0 Å². The van der Waals surface area contributed by atoms with E-state index in [2.05, 4.69) is 37.3 Å². The molecule has 0 unspecified atom stereocenters. The molecule has 0 aliphatic heterocycles. The maximum absolute atomic E-state index is 4.54. The maximum Gasteiger partial charge on any atom is 0.0959 e. The summed E-state index contributed by atoms with van der Waals surface area (Å²) in [4.78, 5) is 5.92. The highest BCUT2D eigenvalue weighted by Crippen LogP contribution is 2.38. The van der Waals surface area contributed by atoms with Crippen LogP contribution in [0.4, 0.5) is 0 Å². The Hall–Kier alpha value is -0.410. The standard InChI is InChI=1S/C13H22N2S/c1-4-13(2,3)15-9-11-8-14-12(16-11)10-6-5-7-10/h8,10,15H,4-7,9H2,1-3H3. The van der Waals surface area contributed by atoms with E-state index in [1.807, 2.05) is 11.3 Å². The number of rotatable bonds is 5. The van der Waals surface area contributed by atoms with E-state index in [0.717, 1.165) is 18.9 Å². The third kappa shape index (κ3) is 2.83. The Bertz CT molecular complexity index is 339. The van der Waals surface area contributed by atoms with Gasteiger partial charge in [0.1, 0.15) is 0 Å². The summed E-state index contributed by atoms with van der Waals surface area (Å²) in [5.41, 5.74) is 0.237. The summed E-state index contributed by atoms with van der Waals surface area (Å²) in [5.74, 6) is 0.776. The number of nitrogens with one attached hydrogen (secondary N) is 1. The van der Waals surface area contributed by atoms with Gasteiger partial charge < -0.3 is 5.32 Å². The minimum Gasteiger partial charge on any atom is -0.307 e. The first-order chi connectivity index (χ1) is 7.61. The molecule has 0 radical (unpaired) electrons. The van der Waals surface area contributed by atoms with Gasteiger partial charge in [-0.2, -0.15) is 0 Å². The van der Waals surface area contributed by atoms with E-state index in [9.17, 15) is 0 Å². The van der Waals surface area contributed by atoms with Crippen molar-refractivity contribution in [3.05, 3.63) is 16.1 Å². The van der Waals surface area contributed by atoms with Gasteiger partial charge in [0.05, 0.1) is 5.01 Å². The average Bonchev–Trinajstić information content (AvgIpc) is 2.61. The van der Waals surface area contributed by atoms with E-state index in [1.165, 1.54) is 29.1 Å². The van der Waals surface area contributed by atoms with Gasteiger partial charge in [0, 0.05) is 29.1 Å². The lowest BCUT2D eigenvalue weighted by Gasteiger charge is -2.24. The predicted octanol–water partition coefficient (Wildman–Crippen LogP) is 3.69. The Morgan fingerprint density at radius 1 is 1.50 bits per heavy atom. The Morgan fingerprint density at radius 2 is 2.25 bits per heavy atom. The fourth-order valence-electron chi connectivity index (χ4n) is 1.70. The van der Waals surface area contributed by atoms with Crippen molar-refractivity contribution >= 4 is 11.3 Å².